The topological polar surface area (TPSA) is 207 Å². The third kappa shape index (κ3) is 8.62. The molecule has 5 fully saturated rings. The Hall–Kier alpha value is -5.00. The SMILES string of the molecule is CCN[C@@H]1C=C[C@@]2(O)C[C@@H]3CC(=O)C[C@H]4NC[C@@H]5C[C@H]([C@H]6CC[C@@]7(C#C[C@H](C[C@H](O)[C@H](O)C[C@H](C8=CCNC(N)=C8)c8ccc9ccccc9c8)c8cc(O)c(OC)cc8CCC7=O)[C@H](O)C6)[C@@H]1[C@H]2[C@H]5[C@H]34. The van der Waals surface area contributed by atoms with Crippen LogP contribution in [0.1, 0.15) is 99.7 Å². The number of aliphatic hydroxyl groups excluding tert-OH is 3. The number of hydrogen-bond donors (Lipinski definition) is 9. The van der Waals surface area contributed by atoms with Gasteiger partial charge in [0.05, 0.1) is 36.8 Å². The van der Waals surface area contributed by atoms with E-state index >= 15 is 0 Å². The predicted octanol–water partition coefficient (Wildman–Crippen LogP) is 5.65. The van der Waals surface area contributed by atoms with Crippen LogP contribution in [0.5, 0.6) is 11.5 Å². The van der Waals surface area contributed by atoms with Gasteiger partial charge in [-0.2, -0.15) is 0 Å². The second-order valence-electron chi connectivity index (χ2n) is 22.7. The molecule has 0 bridgehead atoms. The lowest BCUT2D eigenvalue weighted by Crippen LogP contribution is -2.71. The molecule has 71 heavy (non-hydrogen) atoms. The van der Waals surface area contributed by atoms with Gasteiger partial charge < -0.3 is 52.0 Å². The first-order valence-corrected chi connectivity index (χ1v) is 26.6. The number of Topliss-reactive ketones (excluding diaryl/α,β-unsaturated/α-hetero) is 2. The summed E-state index contributed by atoms with van der Waals surface area (Å²) in [5.41, 5.74) is 7.27. The average Bonchev–Trinajstić information content (AvgIpc) is 3.41. The Labute approximate surface area is 417 Å². The second kappa shape index (κ2) is 19.1. The van der Waals surface area contributed by atoms with Crippen LogP contribution >= 0.6 is 0 Å². The molecule has 0 amide bonds. The summed E-state index contributed by atoms with van der Waals surface area (Å²) in [4.78, 5) is 27.8. The molecule has 1 spiro atoms. The van der Waals surface area contributed by atoms with Crippen LogP contribution in [0.25, 0.3) is 10.8 Å². The molecular weight excluding hydrogens is 893 g/mol. The van der Waals surface area contributed by atoms with Gasteiger partial charge in [0.2, 0.25) is 0 Å². The van der Waals surface area contributed by atoms with Crippen LogP contribution in [0, 0.1) is 64.6 Å². The van der Waals surface area contributed by atoms with Gasteiger partial charge in [0.1, 0.15) is 11.2 Å². The molecule has 0 radical (unpaired) electrons. The van der Waals surface area contributed by atoms with Gasteiger partial charge in [0.15, 0.2) is 17.3 Å². The van der Waals surface area contributed by atoms with E-state index in [1.165, 1.54) is 7.11 Å². The van der Waals surface area contributed by atoms with Crippen LogP contribution in [0.4, 0.5) is 0 Å². The third-order valence-corrected chi connectivity index (χ3v) is 19.0. The average molecular weight is 965 g/mol. The summed E-state index contributed by atoms with van der Waals surface area (Å²) in [6.07, 6.45) is 9.50. The highest BCUT2D eigenvalue weighted by Gasteiger charge is 2.66. The van der Waals surface area contributed by atoms with Crippen molar-refractivity contribution in [2.75, 3.05) is 26.7 Å². The first-order valence-electron chi connectivity index (χ1n) is 26.6. The van der Waals surface area contributed by atoms with Crippen molar-refractivity contribution in [3.63, 3.8) is 0 Å². The monoisotopic (exact) mass is 965 g/mol. The number of phenols is 1. The highest BCUT2D eigenvalue weighted by molar-refractivity contribution is 5.89. The van der Waals surface area contributed by atoms with Crippen LogP contribution in [0.3, 0.4) is 0 Å². The van der Waals surface area contributed by atoms with E-state index in [9.17, 15) is 35.1 Å². The van der Waals surface area contributed by atoms with Gasteiger partial charge in [-0.05, 0) is 163 Å². The van der Waals surface area contributed by atoms with Crippen LogP contribution in [0.15, 0.2) is 90.3 Å². The van der Waals surface area contributed by atoms with E-state index in [1.54, 1.807) is 12.1 Å². The summed E-state index contributed by atoms with van der Waals surface area (Å²) in [7, 11) is 1.48. The first-order chi connectivity index (χ1) is 34.3. The summed E-state index contributed by atoms with van der Waals surface area (Å²) in [6.45, 7) is 4.27. The Bertz CT molecular complexity index is 2720. The molecule has 3 aromatic rings. The molecule has 4 saturated carbocycles. The minimum atomic E-state index is -1.35. The van der Waals surface area contributed by atoms with Gasteiger partial charge in [-0.3, -0.25) is 9.59 Å². The van der Waals surface area contributed by atoms with Gasteiger partial charge in [-0.15, -0.1) is 0 Å². The maximum atomic E-state index is 14.8. The number of aryl methyl sites for hydroxylation is 1. The number of rotatable bonds is 11. The molecule has 11 rings (SSSR count). The molecule has 17 atom stereocenters. The van der Waals surface area contributed by atoms with E-state index in [0.29, 0.717) is 86.4 Å². The number of methoxy groups -OCH3 is 1. The summed E-state index contributed by atoms with van der Waals surface area (Å²) < 4.78 is 5.54. The van der Waals surface area contributed by atoms with E-state index < -0.39 is 35.2 Å². The number of fused-ring (bicyclic) bond motifs is 2. The molecule has 12 heteroatoms. The smallest absolute Gasteiger partial charge is 0.160 e. The first kappa shape index (κ1) is 48.3. The molecule has 10 N–H and O–H groups in total. The quantitative estimate of drug-likeness (QED) is 0.0845. The van der Waals surface area contributed by atoms with Crippen molar-refractivity contribution in [1.29, 1.82) is 0 Å². The molecule has 0 aromatic heterocycles. The number of ether oxygens (including phenoxy) is 1. The number of aromatic hydroxyl groups is 1. The number of benzene rings is 3. The zero-order chi connectivity index (χ0) is 49.3. The van der Waals surface area contributed by atoms with Gasteiger partial charge in [-0.1, -0.05) is 79.5 Å². The van der Waals surface area contributed by atoms with E-state index in [0.717, 1.165) is 47.0 Å². The molecule has 12 nitrogen and oxygen atoms in total. The van der Waals surface area contributed by atoms with Crippen molar-refractivity contribution in [2.45, 2.75) is 125 Å². The molecule has 376 valence electrons. The highest BCUT2D eigenvalue weighted by atomic mass is 16.5. The maximum absolute atomic E-state index is 14.8. The molecule has 0 unspecified atom stereocenters. The van der Waals surface area contributed by atoms with Crippen LogP contribution in [0.2, 0.25) is 0 Å². The predicted molar refractivity (Wildman–Crippen MR) is 272 cm³/mol. The summed E-state index contributed by atoms with van der Waals surface area (Å²) in [5, 5.41) is 73.7. The molecule has 2 heterocycles. The van der Waals surface area contributed by atoms with E-state index in [4.69, 9.17) is 10.5 Å². The van der Waals surface area contributed by atoms with E-state index in [2.05, 4.69) is 83.3 Å². The molecule has 8 aliphatic rings. The number of hydrogen-bond acceptors (Lipinski definition) is 12. The minimum absolute atomic E-state index is 0.0137. The van der Waals surface area contributed by atoms with Gasteiger partial charge in [0, 0.05) is 49.7 Å². The Balaban J connectivity index is 0.887. The number of piperidine rings is 1. The van der Waals surface area contributed by atoms with Crippen molar-refractivity contribution in [2.24, 2.45) is 58.5 Å². The Morgan fingerprint density at radius 1 is 0.972 bits per heavy atom. The van der Waals surface area contributed by atoms with Crippen molar-refractivity contribution < 1.29 is 39.9 Å². The standard InChI is InChI=1S/C59H72N4O8/c1-3-61-45-14-18-59(70)30-39-21-41(64)27-46-54(39)55-40(31-63-46)22-44(56(45)57(55)59)37-13-17-58(52(69)25-37)16-12-36(43-29-49(67)50(71-2)24-35(43)10-11-51(58)68)23-47(65)48(66)28-42(38-15-19-62-53(60)26-38)34-9-8-32-6-4-5-7-33(32)20-34/h4-9,14-15,18,20,24,26,29,36-37,39-40,42,44-48,52,54-57,61-63,65-67,69-70H,3,10-11,13,17,19,21-23,25,27-28,30-31,60H2,1-2H3/t36-,37+,39+,40+,42+,44-,45-,46-,47+,48-,52-,54-,55-,56+,57-,58-,59-/m1/s1. The van der Waals surface area contributed by atoms with E-state index in [-0.39, 0.29) is 84.1 Å². The molecule has 6 aliphatic carbocycles. The highest BCUT2D eigenvalue weighted by Crippen LogP contribution is 2.64. The number of nitrogens with two attached hydrogens (primary N) is 1. The fraction of sp³-hybridized carbons (Fsp3) is 0.559. The van der Waals surface area contributed by atoms with Crippen molar-refractivity contribution >= 4 is 22.3 Å². The number of carbonyl (C=O) groups is 2. The Morgan fingerprint density at radius 2 is 1.80 bits per heavy atom. The lowest BCUT2D eigenvalue weighted by molar-refractivity contribution is -0.198. The van der Waals surface area contributed by atoms with Crippen molar-refractivity contribution in [3.8, 4) is 23.3 Å². The van der Waals surface area contributed by atoms with E-state index in [1.807, 2.05) is 18.2 Å². The van der Waals surface area contributed by atoms with Crippen molar-refractivity contribution in [3.05, 3.63) is 107 Å². The lowest BCUT2D eigenvalue weighted by Gasteiger charge is -2.67. The third-order valence-electron chi connectivity index (χ3n) is 19.0. The minimum Gasteiger partial charge on any atom is -0.504 e. The number of dihydropyridines is 1. The zero-order valence-electron chi connectivity index (χ0n) is 41.1. The fourth-order valence-corrected chi connectivity index (χ4v) is 15.9. The number of allylic oxidation sites excluding steroid dienone is 2. The maximum Gasteiger partial charge on any atom is 0.160 e. The van der Waals surface area contributed by atoms with Gasteiger partial charge in [0.25, 0.3) is 0 Å². The number of ketones is 2. The summed E-state index contributed by atoms with van der Waals surface area (Å²) >= 11 is 0. The van der Waals surface area contributed by atoms with Crippen LogP contribution in [-0.2, 0) is 16.0 Å². The largest absolute Gasteiger partial charge is 0.504 e. The zero-order valence-corrected chi connectivity index (χ0v) is 41.1. The van der Waals surface area contributed by atoms with Gasteiger partial charge in [-0.25, -0.2) is 0 Å². The molecule has 3 aromatic carbocycles. The number of phenolic OH excluding ortho intramolecular Hbond substituents is 1. The summed E-state index contributed by atoms with van der Waals surface area (Å²) in [5.74, 6) is 8.33. The molecular formula is C59H72N4O8. The fourth-order valence-electron chi connectivity index (χ4n) is 15.9. The molecule has 2 aliphatic heterocycles. The van der Waals surface area contributed by atoms with Crippen molar-refractivity contribution in [1.82, 2.24) is 16.0 Å². The number of aliphatic hydroxyl groups is 4. The lowest BCUT2D eigenvalue weighted by atomic mass is 9.41. The van der Waals surface area contributed by atoms with Crippen LogP contribution in [-0.4, -0.2) is 99.8 Å². The van der Waals surface area contributed by atoms with Crippen LogP contribution < -0.4 is 26.4 Å². The van der Waals surface area contributed by atoms with Gasteiger partial charge >= 0.3 is 0 Å². The number of likely N-dealkylation sites (N-methyl/N-ethyl adjacent to an activating group) is 1. The second-order valence-corrected chi connectivity index (χ2v) is 22.7. The normalized spacial score (nSPS) is 37.3. The summed E-state index contributed by atoms with van der Waals surface area (Å²) in [6, 6.07) is 18.0. The molecule has 1 saturated heterocycles. The number of carbonyl (C=O) groups excluding carboxylic acids is 2. The Kier molecular flexibility index (Phi) is 13.0. The Morgan fingerprint density at radius 3 is 2.59 bits per heavy atom. The number of nitrogens with one attached hydrogen (secondary N) is 3.